The molecule has 1 saturated heterocycles. The molecule has 0 aliphatic carbocycles. The van der Waals surface area contributed by atoms with E-state index in [9.17, 15) is 14.0 Å². The lowest BCUT2D eigenvalue weighted by molar-refractivity contribution is -0.139. The van der Waals surface area contributed by atoms with Crippen LogP contribution >= 0.6 is 0 Å². The molecule has 2 rings (SSSR count). The van der Waals surface area contributed by atoms with Crippen LogP contribution in [0.5, 0.6) is 0 Å². The van der Waals surface area contributed by atoms with Crippen molar-refractivity contribution in [1.29, 1.82) is 0 Å². The van der Waals surface area contributed by atoms with E-state index in [0.717, 1.165) is 0 Å². The zero-order valence-electron chi connectivity index (χ0n) is 7.81. The molecule has 0 bridgehead atoms. The molecule has 1 aliphatic rings. The lowest BCUT2D eigenvalue weighted by Crippen LogP contribution is -2.36. The van der Waals surface area contributed by atoms with E-state index in [2.05, 4.69) is 0 Å². The Morgan fingerprint density at radius 3 is 2.67 bits per heavy atom. The van der Waals surface area contributed by atoms with Crippen LogP contribution in [0.1, 0.15) is 17.9 Å². The molecular formula is C10H9FN2O2. The summed E-state index contributed by atoms with van der Waals surface area (Å²) in [5.74, 6) is 3.24. The van der Waals surface area contributed by atoms with Gasteiger partial charge in [-0.15, -0.1) is 0 Å². The molecule has 2 amide bonds. The number of nitrogens with two attached hydrogens (primary N) is 1. The smallest absolute Gasteiger partial charge is 0.251 e. The standard InChI is InChI=1S/C10H9FN2O2/c11-7-3-1-2-6(4-7)8-5-9(14)13(12)10(8)15/h1-4,8H,5,12H2. The normalized spacial score (nSPS) is 21.2. The van der Waals surface area contributed by atoms with Crippen LogP contribution in [0.3, 0.4) is 0 Å². The first-order valence-electron chi connectivity index (χ1n) is 4.46. The van der Waals surface area contributed by atoms with E-state index in [-0.39, 0.29) is 6.42 Å². The Kier molecular flexibility index (Phi) is 2.24. The number of hydrogen-bond donors (Lipinski definition) is 1. The molecule has 0 spiro atoms. The summed E-state index contributed by atoms with van der Waals surface area (Å²) in [6.45, 7) is 0. The third kappa shape index (κ3) is 1.61. The van der Waals surface area contributed by atoms with Gasteiger partial charge < -0.3 is 0 Å². The minimum atomic E-state index is -0.641. The van der Waals surface area contributed by atoms with E-state index in [4.69, 9.17) is 5.84 Å². The molecule has 1 aliphatic heterocycles. The second-order valence-electron chi connectivity index (χ2n) is 3.41. The van der Waals surface area contributed by atoms with Crippen molar-refractivity contribution in [3.8, 4) is 0 Å². The Labute approximate surface area is 85.4 Å². The monoisotopic (exact) mass is 208 g/mol. The molecule has 1 unspecified atom stereocenters. The van der Waals surface area contributed by atoms with Gasteiger partial charge in [-0.3, -0.25) is 9.59 Å². The zero-order chi connectivity index (χ0) is 11.0. The van der Waals surface area contributed by atoms with E-state index in [1.54, 1.807) is 6.07 Å². The van der Waals surface area contributed by atoms with Gasteiger partial charge in [-0.1, -0.05) is 12.1 Å². The van der Waals surface area contributed by atoms with Crippen molar-refractivity contribution in [2.75, 3.05) is 0 Å². The second-order valence-corrected chi connectivity index (χ2v) is 3.41. The fourth-order valence-electron chi connectivity index (χ4n) is 1.63. The van der Waals surface area contributed by atoms with Gasteiger partial charge in [0.25, 0.3) is 5.91 Å². The van der Waals surface area contributed by atoms with Gasteiger partial charge in [0.05, 0.1) is 5.92 Å². The van der Waals surface area contributed by atoms with Crippen LogP contribution in [0, 0.1) is 5.82 Å². The molecule has 4 nitrogen and oxygen atoms in total. The number of hydrogen-bond acceptors (Lipinski definition) is 3. The summed E-state index contributed by atoms with van der Waals surface area (Å²) in [6.07, 6.45) is 0.0127. The molecule has 1 fully saturated rings. The fraction of sp³-hybridized carbons (Fsp3) is 0.200. The number of carbonyl (C=O) groups excluding carboxylic acids is 2. The first-order chi connectivity index (χ1) is 7.09. The molecule has 2 N–H and O–H groups in total. The molecule has 1 heterocycles. The molecule has 1 aromatic rings. The highest BCUT2D eigenvalue weighted by atomic mass is 19.1. The topological polar surface area (TPSA) is 63.4 Å². The molecular weight excluding hydrogens is 199 g/mol. The molecule has 15 heavy (non-hydrogen) atoms. The maximum atomic E-state index is 12.9. The lowest BCUT2D eigenvalue weighted by atomic mass is 9.98. The largest absolute Gasteiger partial charge is 0.273 e. The van der Waals surface area contributed by atoms with Crippen LogP contribution < -0.4 is 5.84 Å². The second kappa shape index (κ2) is 3.43. The van der Waals surface area contributed by atoms with E-state index in [0.29, 0.717) is 10.6 Å². The van der Waals surface area contributed by atoms with Crippen molar-refractivity contribution in [3.05, 3.63) is 35.6 Å². The van der Waals surface area contributed by atoms with Crippen molar-refractivity contribution < 1.29 is 14.0 Å². The van der Waals surface area contributed by atoms with Crippen molar-refractivity contribution in [1.82, 2.24) is 5.01 Å². The quantitative estimate of drug-likeness (QED) is 0.416. The first-order valence-corrected chi connectivity index (χ1v) is 4.46. The van der Waals surface area contributed by atoms with Gasteiger partial charge >= 0.3 is 0 Å². The molecule has 0 aromatic heterocycles. The van der Waals surface area contributed by atoms with Crippen molar-refractivity contribution >= 4 is 11.8 Å². The van der Waals surface area contributed by atoms with Crippen LogP contribution in [0.15, 0.2) is 24.3 Å². The number of rotatable bonds is 1. The molecule has 78 valence electrons. The van der Waals surface area contributed by atoms with Gasteiger partial charge in [-0.05, 0) is 17.7 Å². The highest BCUT2D eigenvalue weighted by Gasteiger charge is 2.37. The van der Waals surface area contributed by atoms with Crippen LogP contribution in [-0.4, -0.2) is 16.8 Å². The Bertz CT molecular complexity index is 433. The van der Waals surface area contributed by atoms with Crippen LogP contribution in [0.2, 0.25) is 0 Å². The maximum absolute atomic E-state index is 12.9. The van der Waals surface area contributed by atoms with E-state index >= 15 is 0 Å². The number of imide groups is 1. The SMILES string of the molecule is NN1C(=O)CC(c2cccc(F)c2)C1=O. The van der Waals surface area contributed by atoms with Crippen molar-refractivity contribution in [3.63, 3.8) is 0 Å². The highest BCUT2D eigenvalue weighted by Crippen LogP contribution is 2.27. The Balaban J connectivity index is 2.33. The number of hydrazine groups is 1. The average Bonchev–Trinajstić information content (AvgIpc) is 2.46. The Morgan fingerprint density at radius 1 is 1.40 bits per heavy atom. The summed E-state index contributed by atoms with van der Waals surface area (Å²) >= 11 is 0. The molecule has 1 atom stereocenters. The Morgan fingerprint density at radius 2 is 2.13 bits per heavy atom. The fourth-order valence-corrected chi connectivity index (χ4v) is 1.63. The minimum absolute atomic E-state index is 0.0127. The maximum Gasteiger partial charge on any atom is 0.251 e. The van der Waals surface area contributed by atoms with E-state index in [1.807, 2.05) is 0 Å². The minimum Gasteiger partial charge on any atom is -0.273 e. The first kappa shape index (κ1) is 9.79. The molecule has 5 heteroatoms. The van der Waals surface area contributed by atoms with Crippen LogP contribution in [0.25, 0.3) is 0 Å². The number of carbonyl (C=O) groups is 2. The van der Waals surface area contributed by atoms with Gasteiger partial charge in [-0.2, -0.15) is 0 Å². The number of nitrogens with zero attached hydrogens (tertiary/aromatic N) is 1. The highest BCUT2D eigenvalue weighted by molar-refractivity contribution is 6.05. The molecule has 1 aromatic carbocycles. The summed E-state index contributed by atoms with van der Waals surface area (Å²) < 4.78 is 12.9. The van der Waals surface area contributed by atoms with Crippen molar-refractivity contribution in [2.45, 2.75) is 12.3 Å². The third-order valence-corrected chi connectivity index (χ3v) is 2.43. The average molecular weight is 208 g/mol. The summed E-state index contributed by atoms with van der Waals surface area (Å²) in [4.78, 5) is 22.6. The lowest BCUT2D eigenvalue weighted by Gasteiger charge is -2.08. The number of benzene rings is 1. The Hall–Kier alpha value is -1.75. The summed E-state index contributed by atoms with van der Waals surface area (Å²) in [7, 11) is 0. The van der Waals surface area contributed by atoms with Gasteiger partial charge in [0.1, 0.15) is 5.82 Å². The molecule has 0 radical (unpaired) electrons. The van der Waals surface area contributed by atoms with E-state index in [1.165, 1.54) is 18.2 Å². The number of amides is 2. The van der Waals surface area contributed by atoms with Gasteiger partial charge in [-0.25, -0.2) is 15.2 Å². The predicted molar refractivity (Wildman–Crippen MR) is 49.8 cm³/mol. The van der Waals surface area contributed by atoms with Crippen LogP contribution in [-0.2, 0) is 9.59 Å². The third-order valence-electron chi connectivity index (χ3n) is 2.43. The summed E-state index contributed by atoms with van der Waals surface area (Å²) in [5, 5.41) is 0.593. The summed E-state index contributed by atoms with van der Waals surface area (Å²) in [5.41, 5.74) is 0.487. The van der Waals surface area contributed by atoms with Crippen molar-refractivity contribution in [2.24, 2.45) is 5.84 Å². The predicted octanol–water partition coefficient (Wildman–Crippen LogP) is 0.542. The zero-order valence-corrected chi connectivity index (χ0v) is 7.81. The summed E-state index contributed by atoms with van der Waals surface area (Å²) in [6, 6.07) is 5.64. The van der Waals surface area contributed by atoms with Gasteiger partial charge in [0, 0.05) is 6.42 Å². The molecule has 0 saturated carbocycles. The van der Waals surface area contributed by atoms with Crippen LogP contribution in [0.4, 0.5) is 4.39 Å². The van der Waals surface area contributed by atoms with E-state index < -0.39 is 23.5 Å². The number of halogens is 1. The van der Waals surface area contributed by atoms with Gasteiger partial charge in [0.2, 0.25) is 5.91 Å². The van der Waals surface area contributed by atoms with Gasteiger partial charge in [0.15, 0.2) is 0 Å².